The minimum atomic E-state index is -0.534. The molecule has 0 saturated carbocycles. The van der Waals surface area contributed by atoms with Gasteiger partial charge in [-0.3, -0.25) is 4.79 Å². The first-order valence-electron chi connectivity index (χ1n) is 7.05. The molecule has 2 rings (SSSR count). The first-order chi connectivity index (χ1) is 10.1. The van der Waals surface area contributed by atoms with Gasteiger partial charge in [-0.1, -0.05) is 37.3 Å². The monoisotopic (exact) mass is 286 g/mol. The number of nitrogens with zero attached hydrogens (tertiary/aromatic N) is 1. The van der Waals surface area contributed by atoms with Crippen molar-refractivity contribution in [3.8, 4) is 0 Å². The molecular formula is C17H19FN2O. The van der Waals surface area contributed by atoms with E-state index in [2.05, 4.69) is 10.3 Å². The zero-order valence-electron chi connectivity index (χ0n) is 12.3. The maximum Gasteiger partial charge on any atom is 0.227 e. The van der Waals surface area contributed by atoms with E-state index in [1.165, 1.54) is 6.20 Å². The molecule has 1 aromatic carbocycles. The predicted octanol–water partition coefficient (Wildman–Crippen LogP) is 3.34. The number of nitrogens with one attached hydrogen (secondary N) is 1. The van der Waals surface area contributed by atoms with Crippen LogP contribution in [0.25, 0.3) is 0 Å². The SMILES string of the molecule is CC[C@H](C(=O)NCc1cc(C)cnc1F)c1ccccc1. The van der Waals surface area contributed by atoms with Gasteiger partial charge in [-0.2, -0.15) is 4.39 Å². The molecule has 0 fully saturated rings. The summed E-state index contributed by atoms with van der Waals surface area (Å²) in [5.41, 5.74) is 2.25. The van der Waals surface area contributed by atoms with Crippen molar-refractivity contribution < 1.29 is 9.18 Å². The van der Waals surface area contributed by atoms with Gasteiger partial charge in [0.05, 0.1) is 5.92 Å². The summed E-state index contributed by atoms with van der Waals surface area (Å²) in [5.74, 6) is -0.842. The van der Waals surface area contributed by atoms with Gasteiger partial charge < -0.3 is 5.32 Å². The zero-order chi connectivity index (χ0) is 15.2. The summed E-state index contributed by atoms with van der Waals surface area (Å²) in [7, 11) is 0. The van der Waals surface area contributed by atoms with Crippen molar-refractivity contribution in [2.45, 2.75) is 32.7 Å². The summed E-state index contributed by atoms with van der Waals surface area (Å²) in [6.07, 6.45) is 2.17. The number of hydrogen-bond acceptors (Lipinski definition) is 2. The molecule has 21 heavy (non-hydrogen) atoms. The Morgan fingerprint density at radius 1 is 1.33 bits per heavy atom. The fourth-order valence-electron chi connectivity index (χ4n) is 2.30. The molecule has 0 aliphatic heterocycles. The average Bonchev–Trinajstić information content (AvgIpc) is 2.50. The van der Waals surface area contributed by atoms with Gasteiger partial charge in [0, 0.05) is 18.3 Å². The highest BCUT2D eigenvalue weighted by Gasteiger charge is 2.18. The normalized spacial score (nSPS) is 12.0. The minimum absolute atomic E-state index is 0.0930. The van der Waals surface area contributed by atoms with Gasteiger partial charge in [0.25, 0.3) is 0 Å². The lowest BCUT2D eigenvalue weighted by atomic mass is 9.95. The van der Waals surface area contributed by atoms with Crippen LogP contribution in [0.1, 0.15) is 36.0 Å². The number of carbonyl (C=O) groups is 1. The van der Waals surface area contributed by atoms with Crippen molar-refractivity contribution in [2.24, 2.45) is 0 Å². The summed E-state index contributed by atoms with van der Waals surface area (Å²) in [6, 6.07) is 11.3. The van der Waals surface area contributed by atoms with Gasteiger partial charge in [0.15, 0.2) is 0 Å². The molecule has 3 nitrogen and oxygen atoms in total. The molecule has 1 amide bonds. The van der Waals surface area contributed by atoms with Crippen molar-refractivity contribution in [1.29, 1.82) is 0 Å². The van der Waals surface area contributed by atoms with Crippen LogP contribution in [-0.2, 0) is 11.3 Å². The molecule has 0 radical (unpaired) electrons. The van der Waals surface area contributed by atoms with Crippen LogP contribution in [0.2, 0.25) is 0 Å². The Bertz CT molecular complexity index is 613. The van der Waals surface area contributed by atoms with E-state index in [1.807, 2.05) is 44.2 Å². The van der Waals surface area contributed by atoms with Crippen LogP contribution >= 0.6 is 0 Å². The lowest BCUT2D eigenvalue weighted by Crippen LogP contribution is -2.29. The average molecular weight is 286 g/mol. The van der Waals surface area contributed by atoms with Gasteiger partial charge in [-0.25, -0.2) is 4.98 Å². The van der Waals surface area contributed by atoms with Crippen LogP contribution < -0.4 is 5.32 Å². The van der Waals surface area contributed by atoms with Gasteiger partial charge >= 0.3 is 0 Å². The highest BCUT2D eigenvalue weighted by molar-refractivity contribution is 5.83. The summed E-state index contributed by atoms with van der Waals surface area (Å²) < 4.78 is 13.6. The quantitative estimate of drug-likeness (QED) is 0.857. The molecule has 1 atom stereocenters. The summed E-state index contributed by atoms with van der Waals surface area (Å²) in [5, 5.41) is 2.80. The van der Waals surface area contributed by atoms with Crippen LogP contribution in [0.4, 0.5) is 4.39 Å². The van der Waals surface area contributed by atoms with E-state index < -0.39 is 5.95 Å². The Kier molecular flexibility index (Phi) is 5.04. The van der Waals surface area contributed by atoms with E-state index in [0.29, 0.717) is 12.0 Å². The molecule has 0 spiro atoms. The Hall–Kier alpha value is -2.23. The standard InChI is InChI=1S/C17H19FN2O/c1-3-15(13-7-5-4-6-8-13)17(21)20-11-14-9-12(2)10-19-16(14)18/h4-10,15H,3,11H2,1-2H3,(H,20,21)/t15-/m0/s1. The molecule has 0 aliphatic rings. The Morgan fingerprint density at radius 3 is 2.71 bits per heavy atom. The first kappa shape index (κ1) is 15.2. The summed E-state index contributed by atoms with van der Waals surface area (Å²) in [4.78, 5) is 16.0. The van der Waals surface area contributed by atoms with E-state index in [4.69, 9.17) is 0 Å². The third-order valence-electron chi connectivity index (χ3n) is 3.43. The molecule has 2 aromatic rings. The number of carbonyl (C=O) groups excluding carboxylic acids is 1. The van der Waals surface area contributed by atoms with E-state index in [0.717, 1.165) is 11.1 Å². The van der Waals surface area contributed by atoms with E-state index in [1.54, 1.807) is 6.07 Å². The van der Waals surface area contributed by atoms with Crippen molar-refractivity contribution in [2.75, 3.05) is 0 Å². The highest BCUT2D eigenvalue weighted by Crippen LogP contribution is 2.19. The maximum atomic E-state index is 13.6. The molecule has 4 heteroatoms. The number of aryl methyl sites for hydroxylation is 1. The number of halogens is 1. The van der Waals surface area contributed by atoms with Crippen molar-refractivity contribution in [3.63, 3.8) is 0 Å². The van der Waals surface area contributed by atoms with Crippen LogP contribution in [0.3, 0.4) is 0 Å². The van der Waals surface area contributed by atoms with Crippen molar-refractivity contribution in [1.82, 2.24) is 10.3 Å². The smallest absolute Gasteiger partial charge is 0.227 e. The molecule has 1 N–H and O–H groups in total. The summed E-state index contributed by atoms with van der Waals surface area (Å²) in [6.45, 7) is 3.96. The lowest BCUT2D eigenvalue weighted by Gasteiger charge is -2.15. The van der Waals surface area contributed by atoms with E-state index in [9.17, 15) is 9.18 Å². The summed E-state index contributed by atoms with van der Waals surface area (Å²) >= 11 is 0. The fourth-order valence-corrected chi connectivity index (χ4v) is 2.30. The largest absolute Gasteiger partial charge is 0.351 e. The number of hydrogen-bond donors (Lipinski definition) is 1. The molecule has 0 saturated heterocycles. The minimum Gasteiger partial charge on any atom is -0.351 e. The van der Waals surface area contributed by atoms with E-state index >= 15 is 0 Å². The maximum absolute atomic E-state index is 13.6. The molecule has 110 valence electrons. The van der Waals surface area contributed by atoms with Gasteiger partial charge in [-0.05, 0) is 30.5 Å². The molecule has 0 unspecified atom stereocenters. The third-order valence-corrected chi connectivity index (χ3v) is 3.43. The molecule has 0 bridgehead atoms. The third kappa shape index (κ3) is 3.88. The second kappa shape index (κ2) is 6.97. The number of benzene rings is 1. The molecule has 0 aliphatic carbocycles. The Labute approximate surface area is 124 Å². The van der Waals surface area contributed by atoms with Crippen molar-refractivity contribution >= 4 is 5.91 Å². The molecule has 1 aromatic heterocycles. The second-order valence-corrected chi connectivity index (χ2v) is 5.05. The Balaban J connectivity index is 2.05. The van der Waals surface area contributed by atoms with Gasteiger partial charge in [0.1, 0.15) is 0 Å². The van der Waals surface area contributed by atoms with Crippen molar-refractivity contribution in [3.05, 3.63) is 65.2 Å². The Morgan fingerprint density at radius 2 is 2.05 bits per heavy atom. The number of rotatable bonds is 5. The molecular weight excluding hydrogens is 267 g/mol. The van der Waals surface area contributed by atoms with Crippen LogP contribution in [0.15, 0.2) is 42.6 Å². The second-order valence-electron chi connectivity index (χ2n) is 5.05. The van der Waals surface area contributed by atoms with Crippen LogP contribution in [0, 0.1) is 12.9 Å². The lowest BCUT2D eigenvalue weighted by molar-refractivity contribution is -0.122. The predicted molar refractivity (Wildman–Crippen MR) is 80.3 cm³/mol. The highest BCUT2D eigenvalue weighted by atomic mass is 19.1. The van der Waals surface area contributed by atoms with Crippen LogP contribution in [0.5, 0.6) is 0 Å². The number of pyridine rings is 1. The number of aromatic nitrogens is 1. The fraction of sp³-hybridized carbons (Fsp3) is 0.294. The topological polar surface area (TPSA) is 42.0 Å². The van der Waals surface area contributed by atoms with Crippen LogP contribution in [-0.4, -0.2) is 10.9 Å². The van der Waals surface area contributed by atoms with E-state index in [-0.39, 0.29) is 18.4 Å². The first-order valence-corrected chi connectivity index (χ1v) is 7.05. The van der Waals surface area contributed by atoms with Gasteiger partial charge in [-0.15, -0.1) is 0 Å². The van der Waals surface area contributed by atoms with Gasteiger partial charge in [0.2, 0.25) is 11.9 Å². The zero-order valence-corrected chi connectivity index (χ0v) is 12.3. The number of amides is 1. The molecule has 1 heterocycles.